The van der Waals surface area contributed by atoms with E-state index >= 15 is 0 Å². The molecule has 6 heteroatoms. The van der Waals surface area contributed by atoms with Crippen molar-refractivity contribution >= 4 is 23.5 Å². The highest BCUT2D eigenvalue weighted by atomic mass is 35.5. The lowest BCUT2D eigenvalue weighted by molar-refractivity contribution is -0.137. The Bertz CT molecular complexity index is 471. The third kappa shape index (κ3) is 4.89. The molecule has 0 aliphatic heterocycles. The number of nitrogens with one attached hydrogen (secondary N) is 1. The van der Waals surface area contributed by atoms with Gasteiger partial charge in [0.15, 0.2) is 0 Å². The van der Waals surface area contributed by atoms with Crippen molar-refractivity contribution in [1.82, 2.24) is 9.88 Å². The number of carbonyl (C=O) groups is 2. The van der Waals surface area contributed by atoms with Gasteiger partial charge in [0, 0.05) is 18.8 Å². The summed E-state index contributed by atoms with van der Waals surface area (Å²) < 4.78 is 1.79. The molecule has 0 bridgehead atoms. The highest BCUT2D eigenvalue weighted by Crippen LogP contribution is 2.15. The van der Waals surface area contributed by atoms with Gasteiger partial charge in [0.1, 0.15) is 5.69 Å². The van der Waals surface area contributed by atoms with Gasteiger partial charge in [0.25, 0.3) is 5.91 Å². The molecule has 1 unspecified atom stereocenters. The van der Waals surface area contributed by atoms with E-state index in [0.29, 0.717) is 23.7 Å². The van der Waals surface area contributed by atoms with Gasteiger partial charge in [-0.05, 0) is 18.9 Å². The second-order valence-electron chi connectivity index (χ2n) is 4.79. The maximum absolute atomic E-state index is 12.2. The van der Waals surface area contributed by atoms with Crippen LogP contribution in [0.1, 0.15) is 50.0 Å². The van der Waals surface area contributed by atoms with Crippen LogP contribution in [0.15, 0.2) is 12.3 Å². The van der Waals surface area contributed by atoms with Crippen LogP contribution in [0.4, 0.5) is 0 Å². The molecule has 0 radical (unpaired) electrons. The van der Waals surface area contributed by atoms with Crippen LogP contribution in [0.2, 0.25) is 5.02 Å². The minimum Gasteiger partial charge on any atom is -0.481 e. The van der Waals surface area contributed by atoms with Gasteiger partial charge in [0.05, 0.1) is 11.4 Å². The molecule has 0 saturated carbocycles. The lowest BCUT2D eigenvalue weighted by Crippen LogP contribution is -2.37. The Labute approximate surface area is 123 Å². The molecule has 0 saturated heterocycles. The van der Waals surface area contributed by atoms with E-state index in [0.717, 1.165) is 12.8 Å². The number of nitrogens with zero attached hydrogens (tertiary/aromatic N) is 1. The molecule has 2 N–H and O–H groups in total. The number of aliphatic carboxylic acids is 1. The maximum atomic E-state index is 12.2. The largest absolute Gasteiger partial charge is 0.481 e. The van der Waals surface area contributed by atoms with Gasteiger partial charge in [0.2, 0.25) is 0 Å². The maximum Gasteiger partial charge on any atom is 0.305 e. The zero-order chi connectivity index (χ0) is 15.1. The molecule has 20 heavy (non-hydrogen) atoms. The predicted octanol–water partition coefficient (Wildman–Crippen LogP) is 2.92. The van der Waals surface area contributed by atoms with Crippen molar-refractivity contribution in [3.05, 3.63) is 23.0 Å². The predicted molar refractivity (Wildman–Crippen MR) is 78.1 cm³/mol. The van der Waals surface area contributed by atoms with Crippen molar-refractivity contribution in [1.29, 1.82) is 0 Å². The van der Waals surface area contributed by atoms with Gasteiger partial charge in [-0.25, -0.2) is 0 Å². The third-order valence-electron chi connectivity index (χ3n) is 2.95. The van der Waals surface area contributed by atoms with Crippen molar-refractivity contribution in [2.24, 2.45) is 0 Å². The topological polar surface area (TPSA) is 71.3 Å². The average Bonchev–Trinajstić information content (AvgIpc) is 2.70. The van der Waals surface area contributed by atoms with Gasteiger partial charge in [-0.2, -0.15) is 0 Å². The molecule has 0 aliphatic carbocycles. The number of aryl methyl sites for hydroxylation is 1. The standard InChI is InChI=1S/C14H21ClN2O3/c1-3-5-11(8-13(18)19)16-14(20)12-7-10(15)9-17(12)6-4-2/h7,9,11H,3-6,8H2,1-2H3,(H,16,20)(H,18,19). The summed E-state index contributed by atoms with van der Waals surface area (Å²) in [4.78, 5) is 23.0. The molecule has 1 rings (SSSR count). The van der Waals surface area contributed by atoms with Gasteiger partial charge in [-0.15, -0.1) is 0 Å². The molecule has 1 heterocycles. The molecule has 1 aromatic heterocycles. The first kappa shape index (κ1) is 16.6. The smallest absolute Gasteiger partial charge is 0.305 e. The Kier molecular flexibility index (Phi) is 6.58. The van der Waals surface area contributed by atoms with Crippen LogP contribution in [0.5, 0.6) is 0 Å². The first-order valence-electron chi connectivity index (χ1n) is 6.86. The van der Waals surface area contributed by atoms with Crippen LogP contribution in [-0.4, -0.2) is 27.6 Å². The van der Waals surface area contributed by atoms with Gasteiger partial charge < -0.3 is 15.0 Å². The number of carboxylic acids is 1. The summed E-state index contributed by atoms with van der Waals surface area (Å²) in [5.41, 5.74) is 0.475. The van der Waals surface area contributed by atoms with Crippen molar-refractivity contribution in [3.8, 4) is 0 Å². The van der Waals surface area contributed by atoms with Gasteiger partial charge in [-0.1, -0.05) is 31.9 Å². The van der Waals surface area contributed by atoms with E-state index in [-0.39, 0.29) is 18.4 Å². The summed E-state index contributed by atoms with van der Waals surface area (Å²) in [7, 11) is 0. The third-order valence-corrected chi connectivity index (χ3v) is 3.16. The van der Waals surface area contributed by atoms with Crippen molar-refractivity contribution < 1.29 is 14.7 Å². The van der Waals surface area contributed by atoms with Crippen LogP contribution < -0.4 is 5.32 Å². The van der Waals surface area contributed by atoms with Crippen LogP contribution in [-0.2, 0) is 11.3 Å². The Balaban J connectivity index is 2.79. The molecular weight excluding hydrogens is 280 g/mol. The highest BCUT2D eigenvalue weighted by Gasteiger charge is 2.19. The normalized spacial score (nSPS) is 12.2. The minimum absolute atomic E-state index is 0.0677. The zero-order valence-corrected chi connectivity index (χ0v) is 12.6. The van der Waals surface area contributed by atoms with Crippen LogP contribution in [0, 0.1) is 0 Å². The number of amides is 1. The minimum atomic E-state index is -0.911. The number of carbonyl (C=O) groups excluding carboxylic acids is 1. The number of hydrogen-bond donors (Lipinski definition) is 2. The Hall–Kier alpha value is -1.49. The summed E-state index contributed by atoms with van der Waals surface area (Å²) in [5, 5.41) is 12.1. The quantitative estimate of drug-likeness (QED) is 0.775. The first-order chi connectivity index (χ1) is 9.47. The second kappa shape index (κ2) is 7.94. The highest BCUT2D eigenvalue weighted by molar-refractivity contribution is 6.31. The molecule has 1 atom stereocenters. The Morgan fingerprint density at radius 3 is 2.65 bits per heavy atom. The van der Waals surface area contributed by atoms with E-state index in [4.69, 9.17) is 16.7 Å². The van der Waals surface area contributed by atoms with E-state index < -0.39 is 5.97 Å². The van der Waals surface area contributed by atoms with E-state index in [2.05, 4.69) is 5.32 Å². The lowest BCUT2D eigenvalue weighted by atomic mass is 10.1. The fraction of sp³-hybridized carbons (Fsp3) is 0.571. The molecule has 1 aromatic rings. The molecule has 0 aliphatic rings. The number of aromatic nitrogens is 1. The molecule has 1 amide bonds. The summed E-state index contributed by atoms with van der Waals surface area (Å²) in [6, 6.07) is 1.25. The average molecular weight is 301 g/mol. The van der Waals surface area contributed by atoms with Crippen molar-refractivity contribution in [2.75, 3.05) is 0 Å². The lowest BCUT2D eigenvalue weighted by Gasteiger charge is -2.16. The monoisotopic (exact) mass is 300 g/mol. The number of halogens is 1. The van der Waals surface area contributed by atoms with Gasteiger partial charge in [-0.3, -0.25) is 9.59 Å². The molecule has 112 valence electrons. The molecule has 0 aromatic carbocycles. The summed E-state index contributed by atoms with van der Waals surface area (Å²) >= 11 is 5.93. The molecule has 5 nitrogen and oxygen atoms in total. The number of rotatable bonds is 8. The second-order valence-corrected chi connectivity index (χ2v) is 5.23. The van der Waals surface area contributed by atoms with E-state index in [1.807, 2.05) is 13.8 Å². The van der Waals surface area contributed by atoms with E-state index in [1.54, 1.807) is 16.8 Å². The van der Waals surface area contributed by atoms with E-state index in [9.17, 15) is 9.59 Å². The molecule has 0 fully saturated rings. The van der Waals surface area contributed by atoms with Crippen LogP contribution in [0.3, 0.4) is 0 Å². The van der Waals surface area contributed by atoms with Crippen molar-refractivity contribution in [2.45, 2.75) is 52.1 Å². The Morgan fingerprint density at radius 1 is 1.40 bits per heavy atom. The summed E-state index contributed by atoms with van der Waals surface area (Å²) in [6.45, 7) is 4.67. The zero-order valence-electron chi connectivity index (χ0n) is 11.9. The fourth-order valence-electron chi connectivity index (χ4n) is 2.13. The Morgan fingerprint density at radius 2 is 2.10 bits per heavy atom. The molecule has 0 spiro atoms. The van der Waals surface area contributed by atoms with Crippen LogP contribution in [0.25, 0.3) is 0 Å². The number of carboxylic acid groups (broad SMARTS) is 1. The van der Waals surface area contributed by atoms with Crippen molar-refractivity contribution in [3.63, 3.8) is 0 Å². The van der Waals surface area contributed by atoms with Crippen LogP contribution >= 0.6 is 11.6 Å². The fourth-order valence-corrected chi connectivity index (χ4v) is 2.36. The summed E-state index contributed by atoms with van der Waals surface area (Å²) in [5.74, 6) is -1.18. The summed E-state index contributed by atoms with van der Waals surface area (Å²) in [6.07, 6.45) is 3.99. The number of hydrogen-bond acceptors (Lipinski definition) is 2. The van der Waals surface area contributed by atoms with E-state index in [1.165, 1.54) is 0 Å². The van der Waals surface area contributed by atoms with Gasteiger partial charge >= 0.3 is 5.97 Å². The molecular formula is C14H21ClN2O3. The first-order valence-corrected chi connectivity index (χ1v) is 7.24. The SMILES string of the molecule is CCCC(CC(=O)O)NC(=O)c1cc(Cl)cn1CCC.